The first-order chi connectivity index (χ1) is 17.2. The Hall–Kier alpha value is -3.07. The van der Waals surface area contributed by atoms with Gasteiger partial charge in [0, 0.05) is 33.7 Å². The van der Waals surface area contributed by atoms with Crippen molar-refractivity contribution in [2.75, 3.05) is 17.2 Å². The van der Waals surface area contributed by atoms with Crippen molar-refractivity contribution in [1.82, 2.24) is 0 Å². The number of amides is 2. The molecule has 3 aromatic rings. The maximum atomic E-state index is 12.2. The fourth-order valence-corrected chi connectivity index (χ4v) is 3.79. The average Bonchev–Trinajstić information content (AvgIpc) is 2.84. The molecule has 0 aliphatic heterocycles. The van der Waals surface area contributed by atoms with E-state index in [0.29, 0.717) is 32.9 Å². The number of rotatable bonds is 10. The van der Waals surface area contributed by atoms with Crippen LogP contribution < -0.4 is 15.4 Å². The Morgan fingerprint density at radius 1 is 0.861 bits per heavy atom. The van der Waals surface area contributed by atoms with Gasteiger partial charge in [-0.1, -0.05) is 23.2 Å². The number of ether oxygens (including phenoxy) is 2. The molecule has 3 aromatic carbocycles. The summed E-state index contributed by atoms with van der Waals surface area (Å²) in [7, 11) is 0. The van der Waals surface area contributed by atoms with E-state index in [4.69, 9.17) is 32.7 Å². The fraction of sp³-hybridized carbons (Fsp3) is 0.192. The highest BCUT2D eigenvalue weighted by atomic mass is 79.9. The minimum absolute atomic E-state index is 0.0116. The summed E-state index contributed by atoms with van der Waals surface area (Å²) in [6.45, 7) is 1.39. The maximum Gasteiger partial charge on any atom is 0.306 e. The van der Waals surface area contributed by atoms with Crippen LogP contribution in [0.15, 0.2) is 65.1 Å². The Balaban J connectivity index is 1.34. The summed E-state index contributed by atoms with van der Waals surface area (Å²) in [5.41, 5.74) is 1.94. The largest absolute Gasteiger partial charge is 0.457 e. The molecule has 3 rings (SSSR count). The molecule has 0 fully saturated rings. The quantitative estimate of drug-likeness (QED) is 0.243. The van der Waals surface area contributed by atoms with Crippen LogP contribution in [0.3, 0.4) is 0 Å². The smallest absolute Gasteiger partial charge is 0.306 e. The van der Waals surface area contributed by atoms with Gasteiger partial charge in [-0.15, -0.1) is 0 Å². The van der Waals surface area contributed by atoms with Crippen molar-refractivity contribution in [3.8, 4) is 11.5 Å². The Morgan fingerprint density at radius 3 is 2.17 bits per heavy atom. The van der Waals surface area contributed by atoms with Gasteiger partial charge in [-0.25, -0.2) is 0 Å². The lowest BCUT2D eigenvalue weighted by Crippen LogP contribution is -2.21. The Morgan fingerprint density at radius 2 is 1.50 bits per heavy atom. The molecule has 10 heteroatoms. The van der Waals surface area contributed by atoms with Gasteiger partial charge in [-0.2, -0.15) is 0 Å². The van der Waals surface area contributed by atoms with Crippen LogP contribution in [0.4, 0.5) is 11.4 Å². The molecule has 0 saturated carbocycles. The third-order valence-corrected chi connectivity index (χ3v) is 6.33. The normalized spacial score (nSPS) is 10.4. The summed E-state index contributed by atoms with van der Waals surface area (Å²) >= 11 is 15.2. The summed E-state index contributed by atoms with van der Waals surface area (Å²) in [4.78, 5) is 36.2. The topological polar surface area (TPSA) is 93.7 Å². The molecule has 0 saturated heterocycles. The number of carbonyl (C=O) groups excluding carboxylic acids is 3. The van der Waals surface area contributed by atoms with E-state index in [-0.39, 0.29) is 25.2 Å². The first-order valence-corrected chi connectivity index (χ1v) is 12.5. The van der Waals surface area contributed by atoms with Gasteiger partial charge in [0.05, 0.1) is 5.02 Å². The van der Waals surface area contributed by atoms with Gasteiger partial charge in [0.1, 0.15) is 11.5 Å². The van der Waals surface area contributed by atoms with Crippen molar-refractivity contribution in [2.24, 2.45) is 0 Å². The van der Waals surface area contributed by atoms with Gasteiger partial charge in [-0.05, 0) is 95.5 Å². The third-order valence-electron chi connectivity index (χ3n) is 4.88. The van der Waals surface area contributed by atoms with Crippen molar-refractivity contribution in [1.29, 1.82) is 0 Å². The zero-order valence-corrected chi connectivity index (χ0v) is 22.4. The van der Waals surface area contributed by atoms with Crippen LogP contribution in [-0.2, 0) is 19.1 Å². The number of carbonyl (C=O) groups is 3. The van der Waals surface area contributed by atoms with Crippen molar-refractivity contribution in [3.05, 3.63) is 80.7 Å². The number of hydrogen-bond acceptors (Lipinski definition) is 5. The van der Waals surface area contributed by atoms with Crippen molar-refractivity contribution in [2.45, 2.75) is 26.2 Å². The first kappa shape index (κ1) is 27.5. The van der Waals surface area contributed by atoms with Crippen LogP contribution in [0.25, 0.3) is 0 Å². The highest BCUT2D eigenvalue weighted by Crippen LogP contribution is 2.29. The molecule has 0 radical (unpaired) electrons. The second kappa shape index (κ2) is 13.3. The minimum Gasteiger partial charge on any atom is -0.457 e. The monoisotopic (exact) mass is 592 g/mol. The SMILES string of the molecule is Cc1cc(Br)c(Cl)cc1NC(=O)COC(=O)CCCC(=O)Nc1ccc(Oc2ccc(Cl)cc2)cc1. The minimum atomic E-state index is -0.563. The lowest BCUT2D eigenvalue weighted by atomic mass is 10.2. The van der Waals surface area contributed by atoms with E-state index in [1.165, 1.54) is 0 Å². The number of halogens is 3. The molecule has 0 heterocycles. The summed E-state index contributed by atoms with van der Waals surface area (Å²) in [5.74, 6) is -0.0262. The van der Waals surface area contributed by atoms with Crippen molar-refractivity contribution < 1.29 is 23.9 Å². The summed E-state index contributed by atoms with van der Waals surface area (Å²) < 4.78 is 11.4. The summed E-state index contributed by atoms with van der Waals surface area (Å²) in [6.07, 6.45) is 0.421. The van der Waals surface area contributed by atoms with E-state index in [1.54, 1.807) is 60.7 Å². The Labute approximate surface area is 227 Å². The highest BCUT2D eigenvalue weighted by Gasteiger charge is 2.12. The van der Waals surface area contributed by atoms with Gasteiger partial charge in [-0.3, -0.25) is 14.4 Å². The third kappa shape index (κ3) is 8.86. The molecule has 0 aliphatic rings. The Kier molecular flexibility index (Phi) is 10.2. The van der Waals surface area contributed by atoms with Gasteiger partial charge in [0.15, 0.2) is 6.61 Å². The van der Waals surface area contributed by atoms with Crippen LogP contribution >= 0.6 is 39.1 Å². The van der Waals surface area contributed by atoms with Crippen LogP contribution in [0.1, 0.15) is 24.8 Å². The molecule has 0 aliphatic carbocycles. The zero-order valence-electron chi connectivity index (χ0n) is 19.3. The van der Waals surface area contributed by atoms with E-state index in [0.717, 1.165) is 10.0 Å². The first-order valence-electron chi connectivity index (χ1n) is 10.9. The standard InChI is InChI=1S/C26H23BrCl2N2O5/c1-16-13-21(27)22(29)14-23(16)31-25(33)15-35-26(34)4-2-3-24(32)30-18-7-11-20(12-8-18)36-19-9-5-17(28)6-10-19/h5-14H,2-4,15H2,1H3,(H,30,32)(H,31,33). The molecule has 0 spiro atoms. The van der Waals surface area contributed by atoms with E-state index in [1.807, 2.05) is 6.92 Å². The molecule has 2 amide bonds. The van der Waals surface area contributed by atoms with E-state index in [9.17, 15) is 14.4 Å². The Bertz CT molecular complexity index is 1230. The number of hydrogen-bond donors (Lipinski definition) is 2. The molecule has 2 N–H and O–H groups in total. The number of esters is 1. The maximum absolute atomic E-state index is 12.2. The van der Waals surface area contributed by atoms with Crippen LogP contribution in [0, 0.1) is 6.92 Å². The van der Waals surface area contributed by atoms with Crippen molar-refractivity contribution in [3.63, 3.8) is 0 Å². The number of anilines is 2. The molecular weight excluding hydrogens is 571 g/mol. The van der Waals surface area contributed by atoms with Gasteiger partial charge in [0.2, 0.25) is 5.91 Å². The fourth-order valence-electron chi connectivity index (χ4n) is 3.05. The molecule has 188 valence electrons. The molecule has 0 aromatic heterocycles. The number of benzene rings is 3. The zero-order chi connectivity index (χ0) is 26.1. The lowest BCUT2D eigenvalue weighted by molar-refractivity contribution is -0.147. The summed E-state index contributed by atoms with van der Waals surface area (Å²) in [6, 6.07) is 17.3. The second-order valence-electron chi connectivity index (χ2n) is 7.77. The lowest BCUT2D eigenvalue weighted by Gasteiger charge is -2.10. The van der Waals surface area contributed by atoms with Crippen LogP contribution in [0.2, 0.25) is 10.0 Å². The number of nitrogens with one attached hydrogen (secondary N) is 2. The van der Waals surface area contributed by atoms with Gasteiger partial charge < -0.3 is 20.1 Å². The molecule has 36 heavy (non-hydrogen) atoms. The van der Waals surface area contributed by atoms with Crippen LogP contribution in [-0.4, -0.2) is 24.4 Å². The highest BCUT2D eigenvalue weighted by molar-refractivity contribution is 9.10. The number of aryl methyl sites for hydroxylation is 1. The average molecular weight is 594 g/mol. The second-order valence-corrected chi connectivity index (χ2v) is 9.47. The van der Waals surface area contributed by atoms with Gasteiger partial charge in [0.25, 0.3) is 5.91 Å². The molecule has 7 nitrogen and oxygen atoms in total. The molecular formula is C26H23BrCl2N2O5. The van der Waals surface area contributed by atoms with E-state index < -0.39 is 18.5 Å². The molecule has 0 atom stereocenters. The van der Waals surface area contributed by atoms with Crippen molar-refractivity contribution >= 4 is 68.3 Å². The predicted octanol–water partition coefficient (Wildman–Crippen LogP) is 7.15. The van der Waals surface area contributed by atoms with Crippen LogP contribution in [0.5, 0.6) is 11.5 Å². The predicted molar refractivity (Wildman–Crippen MR) is 144 cm³/mol. The van der Waals surface area contributed by atoms with Gasteiger partial charge >= 0.3 is 5.97 Å². The van der Waals surface area contributed by atoms with E-state index in [2.05, 4.69) is 26.6 Å². The van der Waals surface area contributed by atoms with E-state index >= 15 is 0 Å². The summed E-state index contributed by atoms with van der Waals surface area (Å²) in [5, 5.41) is 6.49. The molecule has 0 unspecified atom stereocenters. The molecule has 0 bridgehead atoms.